The minimum Gasteiger partial charge on any atom is -0.508 e. The Hall–Kier alpha value is -3.64. The van der Waals surface area contributed by atoms with Crippen LogP contribution in [0, 0.1) is 12.8 Å². The predicted octanol–water partition coefficient (Wildman–Crippen LogP) is 7.12. The summed E-state index contributed by atoms with van der Waals surface area (Å²) < 4.78 is 11.3. The summed E-state index contributed by atoms with van der Waals surface area (Å²) in [6.07, 6.45) is 0.783. The van der Waals surface area contributed by atoms with Gasteiger partial charge in [0.1, 0.15) is 17.2 Å². The average molecular weight is 532 g/mol. The van der Waals surface area contributed by atoms with Gasteiger partial charge >= 0.3 is 11.9 Å². The van der Waals surface area contributed by atoms with Crippen LogP contribution in [0.4, 0.5) is 0 Å². The third-order valence-corrected chi connectivity index (χ3v) is 6.98. The second-order valence-electron chi connectivity index (χ2n) is 10.8. The average Bonchev–Trinajstić information content (AvgIpc) is 2.90. The number of carbonyl (C=O) groups excluding carboxylic acids is 2. The maximum absolute atomic E-state index is 13.2. The topological polar surface area (TPSA) is 76.1 Å². The highest BCUT2D eigenvalue weighted by atomic mass is 16.5. The van der Waals surface area contributed by atoms with Crippen molar-refractivity contribution in [3.8, 4) is 17.2 Å². The summed E-state index contributed by atoms with van der Waals surface area (Å²) in [5.41, 5.74) is 2.90. The lowest BCUT2D eigenvalue weighted by Crippen LogP contribution is -2.38. The molecule has 0 aromatic heterocycles. The number of rotatable bonds is 11. The van der Waals surface area contributed by atoms with E-state index in [0.717, 1.165) is 24.1 Å². The molecule has 6 nitrogen and oxygen atoms in total. The Morgan fingerprint density at radius 1 is 0.821 bits per heavy atom. The zero-order valence-corrected chi connectivity index (χ0v) is 24.1. The summed E-state index contributed by atoms with van der Waals surface area (Å²) in [7, 11) is 0. The van der Waals surface area contributed by atoms with E-state index in [1.165, 1.54) is 0 Å². The van der Waals surface area contributed by atoms with Gasteiger partial charge in [-0.1, -0.05) is 44.2 Å². The number of aromatic hydroxyl groups is 1. The van der Waals surface area contributed by atoms with Gasteiger partial charge in [-0.25, -0.2) is 4.79 Å². The molecule has 6 heteroatoms. The summed E-state index contributed by atoms with van der Waals surface area (Å²) in [5, 5.41) is 10.7. The van der Waals surface area contributed by atoms with Gasteiger partial charge in [0.25, 0.3) is 0 Å². The van der Waals surface area contributed by atoms with Crippen molar-refractivity contribution in [1.29, 1.82) is 0 Å². The van der Waals surface area contributed by atoms with Crippen LogP contribution in [0.5, 0.6) is 17.2 Å². The first kappa shape index (κ1) is 29.9. The molecule has 0 unspecified atom stereocenters. The Morgan fingerprint density at radius 2 is 1.44 bits per heavy atom. The van der Waals surface area contributed by atoms with Crippen molar-refractivity contribution in [3.63, 3.8) is 0 Å². The van der Waals surface area contributed by atoms with Crippen molar-refractivity contribution >= 4 is 11.9 Å². The highest BCUT2D eigenvalue weighted by Gasteiger charge is 2.26. The van der Waals surface area contributed by atoms with E-state index in [0.29, 0.717) is 34.7 Å². The number of benzene rings is 3. The molecule has 0 amide bonds. The van der Waals surface area contributed by atoms with Gasteiger partial charge in [-0.2, -0.15) is 0 Å². The maximum Gasteiger partial charge on any atom is 0.343 e. The number of hydrogen-bond donors (Lipinski definition) is 1. The molecule has 0 aliphatic carbocycles. The number of hydrogen-bond acceptors (Lipinski definition) is 6. The predicted molar refractivity (Wildman–Crippen MR) is 155 cm³/mol. The SMILES string of the molecule is Cc1c(O)ccc(OC(=O)c2ccc(OC(=O)C(C)C)cc2)c1[C@H](CCN(C(C)C)C(C)C)c1ccccc1. The maximum atomic E-state index is 13.2. The van der Waals surface area contributed by atoms with Crippen molar-refractivity contribution in [2.75, 3.05) is 6.54 Å². The van der Waals surface area contributed by atoms with Gasteiger partial charge in [0.05, 0.1) is 11.5 Å². The highest BCUT2D eigenvalue weighted by molar-refractivity contribution is 5.91. The van der Waals surface area contributed by atoms with Crippen molar-refractivity contribution in [1.82, 2.24) is 4.90 Å². The van der Waals surface area contributed by atoms with E-state index in [4.69, 9.17) is 9.47 Å². The first-order chi connectivity index (χ1) is 18.5. The molecule has 0 saturated heterocycles. The summed E-state index contributed by atoms with van der Waals surface area (Å²) in [4.78, 5) is 27.5. The van der Waals surface area contributed by atoms with E-state index in [1.54, 1.807) is 50.2 Å². The van der Waals surface area contributed by atoms with Crippen molar-refractivity contribution in [3.05, 3.63) is 89.0 Å². The molecule has 0 heterocycles. The van der Waals surface area contributed by atoms with Gasteiger partial charge in [-0.3, -0.25) is 9.69 Å². The van der Waals surface area contributed by atoms with Crippen molar-refractivity contribution in [2.45, 2.75) is 72.9 Å². The molecule has 3 aromatic carbocycles. The minimum absolute atomic E-state index is 0.0982. The number of esters is 2. The van der Waals surface area contributed by atoms with Crippen molar-refractivity contribution < 1.29 is 24.2 Å². The largest absolute Gasteiger partial charge is 0.508 e. The summed E-state index contributed by atoms with van der Waals surface area (Å²) in [6, 6.07) is 20.4. The Balaban J connectivity index is 1.95. The lowest BCUT2D eigenvalue weighted by Gasteiger charge is -2.33. The van der Waals surface area contributed by atoms with Gasteiger partial charge in [0.2, 0.25) is 0 Å². The second-order valence-corrected chi connectivity index (χ2v) is 10.8. The normalized spacial score (nSPS) is 12.3. The van der Waals surface area contributed by atoms with Crippen LogP contribution in [0.25, 0.3) is 0 Å². The molecule has 0 saturated carbocycles. The zero-order valence-electron chi connectivity index (χ0n) is 24.1. The molecular formula is C33H41NO5. The monoisotopic (exact) mass is 531 g/mol. The quantitative estimate of drug-likeness (QED) is 0.210. The van der Waals surface area contributed by atoms with Gasteiger partial charge < -0.3 is 14.6 Å². The van der Waals surface area contributed by atoms with Crippen LogP contribution in [0.2, 0.25) is 0 Å². The Morgan fingerprint density at radius 3 is 2.00 bits per heavy atom. The molecule has 39 heavy (non-hydrogen) atoms. The van der Waals surface area contributed by atoms with E-state index in [2.05, 4.69) is 44.7 Å². The van der Waals surface area contributed by atoms with E-state index in [1.807, 2.05) is 25.1 Å². The van der Waals surface area contributed by atoms with Crippen LogP contribution in [-0.2, 0) is 4.79 Å². The number of ether oxygens (including phenoxy) is 2. The molecule has 0 aliphatic heterocycles. The highest BCUT2D eigenvalue weighted by Crippen LogP contribution is 2.40. The van der Waals surface area contributed by atoms with E-state index in [-0.39, 0.29) is 23.6 Å². The first-order valence-corrected chi connectivity index (χ1v) is 13.7. The molecule has 0 fully saturated rings. The molecule has 1 N–H and O–H groups in total. The molecule has 0 bridgehead atoms. The number of nitrogens with zero attached hydrogens (tertiary/aromatic N) is 1. The summed E-state index contributed by atoms with van der Waals surface area (Å²) in [6.45, 7) is 15.0. The standard InChI is InChI=1S/C33H41NO5/c1-21(2)32(36)38-27-15-13-26(14-16-27)33(37)39-30-18-17-29(35)24(7)31(30)28(25-11-9-8-10-12-25)19-20-34(22(3)4)23(5)6/h8-18,21-23,28,35H,19-20H2,1-7H3/t28-/m1/s1. The number of phenols is 1. The molecule has 3 rings (SSSR count). The molecule has 208 valence electrons. The van der Waals surface area contributed by atoms with E-state index >= 15 is 0 Å². The third-order valence-electron chi connectivity index (χ3n) is 6.98. The Labute approximate surface area is 232 Å². The number of carbonyl (C=O) groups is 2. The van der Waals surface area contributed by atoms with Crippen LogP contribution < -0.4 is 9.47 Å². The fourth-order valence-electron chi connectivity index (χ4n) is 4.82. The van der Waals surface area contributed by atoms with E-state index in [9.17, 15) is 14.7 Å². The second kappa shape index (κ2) is 13.4. The molecule has 3 aromatic rings. The smallest absolute Gasteiger partial charge is 0.343 e. The fraction of sp³-hybridized carbons (Fsp3) is 0.394. The van der Waals surface area contributed by atoms with Gasteiger partial charge in [-0.05, 0) is 95.1 Å². The van der Waals surface area contributed by atoms with Crippen molar-refractivity contribution in [2.24, 2.45) is 5.92 Å². The lowest BCUT2D eigenvalue weighted by atomic mass is 9.84. The van der Waals surface area contributed by atoms with Gasteiger partial charge in [0, 0.05) is 23.6 Å². The van der Waals surface area contributed by atoms with Gasteiger partial charge in [0.15, 0.2) is 0 Å². The van der Waals surface area contributed by atoms with Gasteiger partial charge in [-0.15, -0.1) is 0 Å². The van der Waals surface area contributed by atoms with Crippen LogP contribution in [-0.4, -0.2) is 40.6 Å². The summed E-state index contributed by atoms with van der Waals surface area (Å²) in [5.74, 6) is -0.270. The van der Waals surface area contributed by atoms with Crippen LogP contribution in [0.1, 0.15) is 80.9 Å². The van der Waals surface area contributed by atoms with E-state index < -0.39 is 5.97 Å². The molecule has 1 atom stereocenters. The molecule has 0 aliphatic rings. The molecular weight excluding hydrogens is 490 g/mol. The Bertz CT molecular complexity index is 1240. The Kier molecular flexibility index (Phi) is 10.3. The number of phenolic OH excluding ortho intramolecular Hbond substituents is 1. The van der Waals surface area contributed by atoms with Crippen LogP contribution in [0.15, 0.2) is 66.7 Å². The first-order valence-electron chi connectivity index (χ1n) is 13.7. The molecule has 0 spiro atoms. The van der Waals surface area contributed by atoms with Crippen LogP contribution in [0.3, 0.4) is 0 Å². The minimum atomic E-state index is -0.527. The van der Waals surface area contributed by atoms with Crippen LogP contribution >= 0.6 is 0 Å². The fourth-order valence-corrected chi connectivity index (χ4v) is 4.82. The lowest BCUT2D eigenvalue weighted by molar-refractivity contribution is -0.137. The summed E-state index contributed by atoms with van der Waals surface area (Å²) >= 11 is 0. The molecule has 0 radical (unpaired) electrons. The third kappa shape index (κ3) is 7.70. The zero-order chi connectivity index (χ0) is 28.7.